The number of nitrogens with zero attached hydrogens (tertiary/aromatic N) is 8. The SMILES string of the molecule is Cc1cc(N2CCN(C)CC2)nc(N2CCN(c3ncnc4cc(F)ccc34)CC2)n1. The summed E-state index contributed by atoms with van der Waals surface area (Å²) in [5.74, 6) is 2.38. The molecule has 0 aliphatic carbocycles. The molecule has 0 amide bonds. The second-order valence-corrected chi connectivity index (χ2v) is 8.29. The molecule has 31 heavy (non-hydrogen) atoms. The van der Waals surface area contributed by atoms with Gasteiger partial charge in [0, 0.05) is 75.6 Å². The number of benzene rings is 1. The van der Waals surface area contributed by atoms with Crippen molar-refractivity contribution in [1.29, 1.82) is 0 Å². The number of anilines is 3. The molecule has 0 atom stereocenters. The number of hydrogen-bond acceptors (Lipinski definition) is 8. The van der Waals surface area contributed by atoms with E-state index in [4.69, 9.17) is 9.97 Å². The van der Waals surface area contributed by atoms with Gasteiger partial charge in [0.25, 0.3) is 0 Å². The normalized spacial score (nSPS) is 18.1. The summed E-state index contributed by atoms with van der Waals surface area (Å²) in [5.41, 5.74) is 1.62. The molecule has 0 saturated carbocycles. The van der Waals surface area contributed by atoms with Gasteiger partial charge in [-0.1, -0.05) is 0 Å². The van der Waals surface area contributed by atoms with E-state index < -0.39 is 0 Å². The van der Waals surface area contributed by atoms with Gasteiger partial charge in [-0.2, -0.15) is 4.98 Å². The number of aromatic nitrogens is 4. The Morgan fingerprint density at radius 2 is 1.52 bits per heavy atom. The van der Waals surface area contributed by atoms with Crippen molar-refractivity contribution in [3.63, 3.8) is 0 Å². The van der Waals surface area contributed by atoms with Gasteiger partial charge in [-0.3, -0.25) is 0 Å². The molecule has 0 N–H and O–H groups in total. The van der Waals surface area contributed by atoms with Gasteiger partial charge < -0.3 is 19.6 Å². The molecule has 2 aromatic heterocycles. The van der Waals surface area contributed by atoms with Crippen LogP contribution in [0.3, 0.4) is 0 Å². The van der Waals surface area contributed by atoms with Crippen molar-refractivity contribution in [2.24, 2.45) is 0 Å². The van der Waals surface area contributed by atoms with E-state index >= 15 is 0 Å². The first-order valence-corrected chi connectivity index (χ1v) is 10.8. The van der Waals surface area contributed by atoms with Crippen molar-refractivity contribution in [3.05, 3.63) is 42.1 Å². The highest BCUT2D eigenvalue weighted by Crippen LogP contribution is 2.26. The van der Waals surface area contributed by atoms with Crippen LogP contribution in [0.15, 0.2) is 30.6 Å². The summed E-state index contributed by atoms with van der Waals surface area (Å²) in [5, 5.41) is 0.876. The molecule has 2 aliphatic rings. The van der Waals surface area contributed by atoms with Crippen LogP contribution in [-0.2, 0) is 0 Å². The Morgan fingerprint density at radius 3 is 2.29 bits per heavy atom. The van der Waals surface area contributed by atoms with E-state index in [2.05, 4.69) is 42.7 Å². The van der Waals surface area contributed by atoms with E-state index in [-0.39, 0.29) is 5.82 Å². The van der Waals surface area contributed by atoms with E-state index in [1.54, 1.807) is 6.07 Å². The second-order valence-electron chi connectivity index (χ2n) is 8.29. The second kappa shape index (κ2) is 8.22. The van der Waals surface area contributed by atoms with Crippen molar-refractivity contribution in [1.82, 2.24) is 24.8 Å². The molecule has 2 saturated heterocycles. The Morgan fingerprint density at radius 1 is 0.806 bits per heavy atom. The highest BCUT2D eigenvalue weighted by atomic mass is 19.1. The van der Waals surface area contributed by atoms with Crippen LogP contribution in [0.1, 0.15) is 5.69 Å². The number of hydrogen-bond donors (Lipinski definition) is 0. The van der Waals surface area contributed by atoms with Gasteiger partial charge in [0.1, 0.15) is 23.8 Å². The van der Waals surface area contributed by atoms with Gasteiger partial charge in [-0.05, 0) is 26.1 Å². The van der Waals surface area contributed by atoms with Crippen LogP contribution in [0, 0.1) is 12.7 Å². The predicted octanol–water partition coefficient (Wildman–Crippen LogP) is 1.95. The van der Waals surface area contributed by atoms with Gasteiger partial charge in [0.2, 0.25) is 5.95 Å². The molecule has 8 nitrogen and oxygen atoms in total. The van der Waals surface area contributed by atoms with Crippen molar-refractivity contribution < 1.29 is 4.39 Å². The van der Waals surface area contributed by atoms with Crippen LogP contribution in [-0.4, -0.2) is 84.2 Å². The number of piperazine rings is 2. The van der Waals surface area contributed by atoms with Crippen molar-refractivity contribution in [2.45, 2.75) is 6.92 Å². The van der Waals surface area contributed by atoms with Crippen molar-refractivity contribution in [3.8, 4) is 0 Å². The lowest BCUT2D eigenvalue weighted by Crippen LogP contribution is -2.48. The smallest absolute Gasteiger partial charge is 0.227 e. The molecule has 0 bridgehead atoms. The fraction of sp³-hybridized carbons (Fsp3) is 0.455. The minimum absolute atomic E-state index is 0.283. The van der Waals surface area contributed by atoms with Crippen molar-refractivity contribution >= 4 is 28.5 Å². The maximum Gasteiger partial charge on any atom is 0.227 e. The molecule has 5 rings (SSSR count). The standard InChI is InChI=1S/C22H27FN8/c1-16-13-20(29-7-5-28(2)6-8-29)27-22(26-16)31-11-9-30(10-12-31)21-18-4-3-17(23)14-19(18)24-15-25-21/h3-4,13-15H,5-12H2,1-2H3. The van der Waals surface area contributed by atoms with Crippen molar-refractivity contribution in [2.75, 3.05) is 74.1 Å². The predicted molar refractivity (Wildman–Crippen MR) is 120 cm³/mol. The lowest BCUT2D eigenvalue weighted by atomic mass is 10.2. The highest BCUT2D eigenvalue weighted by Gasteiger charge is 2.23. The molecule has 4 heterocycles. The molecule has 2 fully saturated rings. The maximum atomic E-state index is 13.6. The summed E-state index contributed by atoms with van der Waals surface area (Å²) in [4.78, 5) is 27.5. The molecule has 9 heteroatoms. The molecule has 3 aromatic rings. The zero-order valence-corrected chi connectivity index (χ0v) is 18.0. The molecule has 162 valence electrons. The van der Waals surface area contributed by atoms with Gasteiger partial charge in [0.15, 0.2) is 0 Å². The Hall–Kier alpha value is -3.07. The van der Waals surface area contributed by atoms with Crippen LogP contribution < -0.4 is 14.7 Å². The lowest BCUT2D eigenvalue weighted by molar-refractivity contribution is 0.312. The largest absolute Gasteiger partial charge is 0.354 e. The van der Waals surface area contributed by atoms with Crippen LogP contribution in [0.4, 0.5) is 22.0 Å². The first kappa shape index (κ1) is 19.9. The number of rotatable bonds is 3. The monoisotopic (exact) mass is 422 g/mol. The van der Waals surface area contributed by atoms with E-state index in [0.29, 0.717) is 5.52 Å². The maximum absolute atomic E-state index is 13.6. The molecule has 0 radical (unpaired) electrons. The van der Waals surface area contributed by atoms with Crippen LogP contribution in [0.25, 0.3) is 10.9 Å². The summed E-state index contributed by atoms with van der Waals surface area (Å²) in [6.07, 6.45) is 1.51. The Balaban J connectivity index is 1.32. The molecule has 2 aliphatic heterocycles. The first-order chi connectivity index (χ1) is 15.1. The highest BCUT2D eigenvalue weighted by molar-refractivity contribution is 5.89. The minimum atomic E-state index is -0.283. The Labute approximate surface area is 181 Å². The average Bonchev–Trinajstić information content (AvgIpc) is 2.78. The van der Waals surface area contributed by atoms with Crippen LogP contribution in [0.2, 0.25) is 0 Å². The third-order valence-corrected chi connectivity index (χ3v) is 6.10. The fourth-order valence-corrected chi connectivity index (χ4v) is 4.26. The van der Waals surface area contributed by atoms with Gasteiger partial charge in [-0.25, -0.2) is 19.3 Å². The molecule has 0 unspecified atom stereocenters. The average molecular weight is 423 g/mol. The van der Waals surface area contributed by atoms with Crippen LogP contribution in [0.5, 0.6) is 0 Å². The zero-order chi connectivity index (χ0) is 21.4. The Kier molecular flexibility index (Phi) is 5.27. The lowest BCUT2D eigenvalue weighted by Gasteiger charge is -2.37. The number of aryl methyl sites for hydroxylation is 1. The third kappa shape index (κ3) is 4.10. The number of halogens is 1. The van der Waals surface area contributed by atoms with E-state index in [1.807, 2.05) is 6.92 Å². The zero-order valence-electron chi connectivity index (χ0n) is 18.0. The van der Waals surface area contributed by atoms with Gasteiger partial charge in [0.05, 0.1) is 5.52 Å². The van der Waals surface area contributed by atoms with E-state index in [9.17, 15) is 4.39 Å². The summed E-state index contributed by atoms with van der Waals surface area (Å²) in [7, 11) is 2.16. The van der Waals surface area contributed by atoms with Crippen LogP contribution >= 0.6 is 0 Å². The minimum Gasteiger partial charge on any atom is -0.354 e. The summed E-state index contributed by atoms with van der Waals surface area (Å²) < 4.78 is 13.6. The fourth-order valence-electron chi connectivity index (χ4n) is 4.26. The quantitative estimate of drug-likeness (QED) is 0.635. The van der Waals surface area contributed by atoms with Gasteiger partial charge in [-0.15, -0.1) is 0 Å². The van der Waals surface area contributed by atoms with E-state index in [1.165, 1.54) is 18.5 Å². The molecular formula is C22H27FN8. The molecule has 1 aromatic carbocycles. The molecule has 0 spiro atoms. The number of fused-ring (bicyclic) bond motifs is 1. The van der Waals surface area contributed by atoms with E-state index in [0.717, 1.165) is 81.0 Å². The first-order valence-electron chi connectivity index (χ1n) is 10.8. The summed E-state index contributed by atoms with van der Waals surface area (Å²) in [6.45, 7) is 9.31. The van der Waals surface area contributed by atoms with Gasteiger partial charge >= 0.3 is 0 Å². The number of likely N-dealkylation sites (N-methyl/N-ethyl adjacent to an activating group) is 1. The summed E-state index contributed by atoms with van der Waals surface area (Å²) in [6, 6.07) is 6.76. The molecular weight excluding hydrogens is 395 g/mol. The Bertz CT molecular complexity index is 1070. The topological polar surface area (TPSA) is 64.5 Å². The third-order valence-electron chi connectivity index (χ3n) is 6.10. The summed E-state index contributed by atoms with van der Waals surface area (Å²) >= 11 is 0.